The Kier molecular flexibility index (Phi) is 10.8. The third-order valence-corrected chi connectivity index (χ3v) is 6.87. The summed E-state index contributed by atoms with van der Waals surface area (Å²) >= 11 is 12.4. The van der Waals surface area contributed by atoms with Crippen LogP contribution in [0.4, 0.5) is 0 Å². The van der Waals surface area contributed by atoms with Gasteiger partial charge in [0.1, 0.15) is 11.8 Å². The normalized spacial score (nSPS) is 11.6. The molecule has 5 nitrogen and oxygen atoms in total. The minimum Gasteiger partial charge on any atom is -0.483 e. The van der Waals surface area contributed by atoms with E-state index < -0.39 is 6.04 Å². The molecule has 3 aromatic rings. The molecular weight excluding hydrogens is 507 g/mol. The summed E-state index contributed by atoms with van der Waals surface area (Å²) in [6.45, 7) is 6.52. The van der Waals surface area contributed by atoms with Crippen LogP contribution in [0.3, 0.4) is 0 Å². The van der Waals surface area contributed by atoms with E-state index in [-0.39, 0.29) is 25.0 Å². The van der Waals surface area contributed by atoms with Crippen molar-refractivity contribution >= 4 is 35.0 Å². The van der Waals surface area contributed by atoms with E-state index in [4.69, 9.17) is 27.9 Å². The summed E-state index contributed by atoms with van der Waals surface area (Å²) < 4.78 is 5.95. The lowest BCUT2D eigenvalue weighted by molar-refractivity contribution is -0.142. The predicted molar refractivity (Wildman–Crippen MR) is 150 cm³/mol. The molecule has 7 heteroatoms. The van der Waals surface area contributed by atoms with E-state index >= 15 is 0 Å². The van der Waals surface area contributed by atoms with E-state index in [0.29, 0.717) is 28.8 Å². The number of benzene rings is 3. The zero-order valence-electron chi connectivity index (χ0n) is 21.6. The van der Waals surface area contributed by atoms with E-state index in [2.05, 4.69) is 12.2 Å². The van der Waals surface area contributed by atoms with Crippen LogP contribution in [-0.2, 0) is 22.6 Å². The number of nitrogens with zero attached hydrogens (tertiary/aromatic N) is 1. The van der Waals surface area contributed by atoms with E-state index in [1.165, 1.54) is 0 Å². The Morgan fingerprint density at radius 2 is 1.70 bits per heavy atom. The summed E-state index contributed by atoms with van der Waals surface area (Å²) in [4.78, 5) is 28.7. The average Bonchev–Trinajstić information content (AvgIpc) is 2.89. The van der Waals surface area contributed by atoms with Gasteiger partial charge < -0.3 is 15.0 Å². The second-order valence-corrected chi connectivity index (χ2v) is 9.99. The maximum Gasteiger partial charge on any atom is 0.261 e. The lowest BCUT2D eigenvalue weighted by Crippen LogP contribution is -2.51. The minimum absolute atomic E-state index is 0.185. The standard InChI is InChI=1S/C30H34Cl2N2O3/c1-4-5-15-33-30(36)27(18-23-9-7-6-8-10-23)34(19-24-13-14-25(31)26(32)17-24)29(35)20-37-28-16-21(2)11-12-22(28)3/h6-14,16-17,27H,4-5,15,18-20H2,1-3H3,(H,33,36)/t27-/m1/s1. The molecule has 3 aromatic carbocycles. The van der Waals surface area contributed by atoms with Crippen molar-refractivity contribution in [2.24, 2.45) is 0 Å². The first-order chi connectivity index (χ1) is 17.8. The van der Waals surface area contributed by atoms with Crippen LogP contribution in [0.5, 0.6) is 5.75 Å². The zero-order chi connectivity index (χ0) is 26.8. The van der Waals surface area contributed by atoms with Crippen LogP contribution in [-0.4, -0.2) is 35.9 Å². The number of hydrogen-bond donors (Lipinski definition) is 1. The summed E-state index contributed by atoms with van der Waals surface area (Å²) in [5, 5.41) is 3.84. The van der Waals surface area contributed by atoms with Crippen LogP contribution in [0.15, 0.2) is 66.7 Å². The fourth-order valence-electron chi connectivity index (χ4n) is 3.98. The number of ether oxygens (including phenoxy) is 1. The fraction of sp³-hybridized carbons (Fsp3) is 0.333. The van der Waals surface area contributed by atoms with E-state index in [1.807, 2.05) is 68.4 Å². The highest BCUT2D eigenvalue weighted by atomic mass is 35.5. The summed E-state index contributed by atoms with van der Waals surface area (Å²) in [6, 6.07) is 20.1. The van der Waals surface area contributed by atoms with E-state index in [0.717, 1.165) is 35.1 Å². The van der Waals surface area contributed by atoms with Crippen LogP contribution in [0.25, 0.3) is 0 Å². The first kappa shape index (κ1) is 28.5. The number of unbranched alkanes of at least 4 members (excludes halogenated alkanes) is 1. The molecule has 0 saturated heterocycles. The topological polar surface area (TPSA) is 58.6 Å². The maximum atomic E-state index is 13.7. The van der Waals surface area contributed by atoms with Crippen molar-refractivity contribution in [1.82, 2.24) is 10.2 Å². The van der Waals surface area contributed by atoms with Crippen LogP contribution < -0.4 is 10.1 Å². The average molecular weight is 542 g/mol. The largest absolute Gasteiger partial charge is 0.483 e. The molecule has 0 bridgehead atoms. The molecule has 0 fully saturated rings. The van der Waals surface area contributed by atoms with E-state index in [1.54, 1.807) is 17.0 Å². The second kappa shape index (κ2) is 14.1. The quantitative estimate of drug-likeness (QED) is 0.265. The van der Waals surface area contributed by atoms with Crippen LogP contribution in [0.2, 0.25) is 10.0 Å². The van der Waals surface area contributed by atoms with Crippen molar-refractivity contribution in [1.29, 1.82) is 0 Å². The first-order valence-corrected chi connectivity index (χ1v) is 13.3. The molecule has 37 heavy (non-hydrogen) atoms. The Morgan fingerprint density at radius 1 is 0.946 bits per heavy atom. The third-order valence-electron chi connectivity index (χ3n) is 6.13. The van der Waals surface area contributed by atoms with Crippen molar-refractivity contribution in [2.75, 3.05) is 13.2 Å². The van der Waals surface area contributed by atoms with Gasteiger partial charge >= 0.3 is 0 Å². The molecule has 196 valence electrons. The van der Waals surface area contributed by atoms with Crippen molar-refractivity contribution in [3.05, 3.63) is 99.0 Å². The molecule has 0 aliphatic heterocycles. The van der Waals surface area contributed by atoms with Gasteiger partial charge in [0, 0.05) is 19.5 Å². The molecule has 0 aromatic heterocycles. The molecule has 0 saturated carbocycles. The van der Waals surface area contributed by atoms with Crippen LogP contribution in [0, 0.1) is 13.8 Å². The van der Waals surface area contributed by atoms with Crippen molar-refractivity contribution < 1.29 is 14.3 Å². The molecule has 1 atom stereocenters. The van der Waals surface area contributed by atoms with Gasteiger partial charge in [-0.25, -0.2) is 0 Å². The molecule has 0 aliphatic carbocycles. The molecule has 1 N–H and O–H groups in total. The number of rotatable bonds is 12. The third kappa shape index (κ3) is 8.51. The smallest absolute Gasteiger partial charge is 0.261 e. The molecule has 0 aliphatic rings. The van der Waals surface area contributed by atoms with Gasteiger partial charge in [-0.1, -0.05) is 85.1 Å². The monoisotopic (exact) mass is 540 g/mol. The van der Waals surface area contributed by atoms with Gasteiger partial charge in [-0.15, -0.1) is 0 Å². The number of hydrogen-bond acceptors (Lipinski definition) is 3. The van der Waals surface area contributed by atoms with Gasteiger partial charge in [-0.05, 0) is 60.7 Å². The number of carbonyl (C=O) groups excluding carboxylic acids is 2. The van der Waals surface area contributed by atoms with Crippen LogP contribution >= 0.6 is 23.2 Å². The Morgan fingerprint density at radius 3 is 2.41 bits per heavy atom. The van der Waals surface area contributed by atoms with Crippen molar-refractivity contribution in [3.8, 4) is 5.75 Å². The Bertz CT molecular complexity index is 1200. The highest BCUT2D eigenvalue weighted by molar-refractivity contribution is 6.42. The molecule has 0 spiro atoms. The van der Waals surface area contributed by atoms with Gasteiger partial charge in [0.2, 0.25) is 5.91 Å². The number of halogens is 2. The van der Waals surface area contributed by atoms with Gasteiger partial charge in [0.15, 0.2) is 6.61 Å². The van der Waals surface area contributed by atoms with Gasteiger partial charge in [0.25, 0.3) is 5.91 Å². The second-order valence-electron chi connectivity index (χ2n) is 9.18. The maximum absolute atomic E-state index is 13.7. The minimum atomic E-state index is -0.733. The lowest BCUT2D eigenvalue weighted by Gasteiger charge is -2.31. The van der Waals surface area contributed by atoms with Crippen LogP contribution in [0.1, 0.15) is 42.0 Å². The lowest BCUT2D eigenvalue weighted by atomic mass is 10.0. The number of aryl methyl sites for hydroxylation is 2. The summed E-state index contributed by atoms with van der Waals surface area (Å²) in [5.74, 6) is 0.158. The zero-order valence-corrected chi connectivity index (χ0v) is 23.1. The van der Waals surface area contributed by atoms with Crippen molar-refractivity contribution in [2.45, 2.75) is 52.6 Å². The fourth-order valence-corrected chi connectivity index (χ4v) is 4.30. The van der Waals surface area contributed by atoms with Gasteiger partial charge in [0.05, 0.1) is 10.0 Å². The number of carbonyl (C=O) groups is 2. The molecular formula is C30H34Cl2N2O3. The van der Waals surface area contributed by atoms with E-state index in [9.17, 15) is 9.59 Å². The molecule has 2 amide bonds. The predicted octanol–water partition coefficient (Wildman–Crippen LogP) is 6.55. The highest BCUT2D eigenvalue weighted by Crippen LogP contribution is 2.25. The SMILES string of the molecule is CCCCNC(=O)[C@@H](Cc1ccccc1)N(Cc1ccc(Cl)c(Cl)c1)C(=O)COc1cc(C)ccc1C. The van der Waals surface area contributed by atoms with Gasteiger partial charge in [-0.3, -0.25) is 9.59 Å². The first-order valence-electron chi connectivity index (χ1n) is 12.5. The summed E-state index contributed by atoms with van der Waals surface area (Å²) in [7, 11) is 0. The molecule has 0 unspecified atom stereocenters. The number of amides is 2. The van der Waals surface area contributed by atoms with Crippen molar-refractivity contribution in [3.63, 3.8) is 0 Å². The molecule has 0 radical (unpaired) electrons. The molecule has 0 heterocycles. The summed E-state index contributed by atoms with van der Waals surface area (Å²) in [6.07, 6.45) is 2.19. The number of nitrogens with one attached hydrogen (secondary N) is 1. The Balaban J connectivity index is 1.92. The molecule has 3 rings (SSSR count). The Labute approximate surface area is 229 Å². The van der Waals surface area contributed by atoms with Gasteiger partial charge in [-0.2, -0.15) is 0 Å². The Hall–Kier alpha value is -3.02. The highest BCUT2D eigenvalue weighted by Gasteiger charge is 2.30. The summed E-state index contributed by atoms with van der Waals surface area (Å²) in [5.41, 5.74) is 3.71.